The maximum Gasteiger partial charge on any atom is 0.323 e. The monoisotopic (exact) mass is 461 g/mol. The van der Waals surface area contributed by atoms with E-state index in [-0.39, 0.29) is 25.2 Å². The average Bonchev–Trinajstić information content (AvgIpc) is 2.86. The van der Waals surface area contributed by atoms with E-state index in [9.17, 15) is 14.7 Å². The number of anilines is 2. The highest BCUT2D eigenvalue weighted by Crippen LogP contribution is 2.28. The lowest BCUT2D eigenvalue weighted by Crippen LogP contribution is -2.51. The first kappa shape index (κ1) is 23.3. The summed E-state index contributed by atoms with van der Waals surface area (Å²) < 4.78 is 10.9. The zero-order chi connectivity index (χ0) is 23.9. The second-order valence-corrected chi connectivity index (χ2v) is 7.93. The maximum atomic E-state index is 12.7. The smallest absolute Gasteiger partial charge is 0.323 e. The van der Waals surface area contributed by atoms with Gasteiger partial charge in [-0.2, -0.15) is 0 Å². The third-order valence-electron chi connectivity index (χ3n) is 5.67. The second kappa shape index (κ2) is 10.8. The van der Waals surface area contributed by atoms with E-state index in [1.165, 1.54) is 0 Å². The van der Waals surface area contributed by atoms with Gasteiger partial charge in [-0.1, -0.05) is 48.5 Å². The summed E-state index contributed by atoms with van der Waals surface area (Å²) in [4.78, 5) is 26.5. The molecule has 0 aromatic heterocycles. The van der Waals surface area contributed by atoms with Gasteiger partial charge in [-0.15, -0.1) is 0 Å². The molecule has 0 spiro atoms. The number of carbonyl (C=O) groups excluding carboxylic acids is 2. The SMILES string of the molecule is COc1ccccc1CN1C(=O)COCC1C(O)c1ccc(NC(=O)Nc2ccccc2)cc1. The van der Waals surface area contributed by atoms with Gasteiger partial charge in [-0.3, -0.25) is 4.79 Å². The molecule has 3 aromatic rings. The van der Waals surface area contributed by atoms with Crippen molar-refractivity contribution in [3.8, 4) is 5.75 Å². The number of para-hydroxylation sites is 2. The van der Waals surface area contributed by atoms with Gasteiger partial charge in [0.2, 0.25) is 5.91 Å². The number of hydrogen-bond acceptors (Lipinski definition) is 5. The van der Waals surface area contributed by atoms with Gasteiger partial charge in [0.05, 0.1) is 19.8 Å². The largest absolute Gasteiger partial charge is 0.496 e. The average molecular weight is 462 g/mol. The van der Waals surface area contributed by atoms with Gasteiger partial charge in [0.25, 0.3) is 0 Å². The zero-order valence-electron chi connectivity index (χ0n) is 18.8. The van der Waals surface area contributed by atoms with E-state index in [1.54, 1.807) is 48.4 Å². The third-order valence-corrected chi connectivity index (χ3v) is 5.67. The van der Waals surface area contributed by atoms with E-state index < -0.39 is 12.1 Å². The van der Waals surface area contributed by atoms with Gasteiger partial charge in [0.15, 0.2) is 0 Å². The number of benzene rings is 3. The van der Waals surface area contributed by atoms with E-state index in [4.69, 9.17) is 9.47 Å². The fraction of sp³-hybridized carbons (Fsp3) is 0.231. The molecule has 3 N–H and O–H groups in total. The quantitative estimate of drug-likeness (QED) is 0.497. The Kier molecular flexibility index (Phi) is 7.41. The van der Waals surface area contributed by atoms with Gasteiger partial charge >= 0.3 is 6.03 Å². The summed E-state index contributed by atoms with van der Waals surface area (Å²) in [6.45, 7) is 0.479. The number of amides is 3. The van der Waals surface area contributed by atoms with Crippen molar-refractivity contribution in [3.63, 3.8) is 0 Å². The Bertz CT molecular complexity index is 1120. The highest BCUT2D eigenvalue weighted by Gasteiger charge is 2.35. The van der Waals surface area contributed by atoms with Crippen LogP contribution in [0.5, 0.6) is 5.75 Å². The number of methoxy groups -OCH3 is 1. The summed E-state index contributed by atoms with van der Waals surface area (Å²) in [7, 11) is 1.59. The van der Waals surface area contributed by atoms with Gasteiger partial charge < -0.3 is 30.1 Å². The van der Waals surface area contributed by atoms with Crippen molar-refractivity contribution in [2.45, 2.75) is 18.7 Å². The molecule has 0 aliphatic carbocycles. The predicted molar refractivity (Wildman–Crippen MR) is 129 cm³/mol. The van der Waals surface area contributed by atoms with E-state index >= 15 is 0 Å². The van der Waals surface area contributed by atoms with Crippen molar-refractivity contribution in [3.05, 3.63) is 90.0 Å². The molecule has 8 heteroatoms. The molecule has 1 fully saturated rings. The van der Waals surface area contributed by atoms with Crippen LogP contribution in [0.4, 0.5) is 16.2 Å². The summed E-state index contributed by atoms with van der Waals surface area (Å²) in [5, 5.41) is 16.6. The number of nitrogens with one attached hydrogen (secondary N) is 2. The Morgan fingerprint density at radius 1 is 1.03 bits per heavy atom. The fourth-order valence-electron chi connectivity index (χ4n) is 3.91. The zero-order valence-corrected chi connectivity index (χ0v) is 18.8. The highest BCUT2D eigenvalue weighted by molar-refractivity contribution is 5.99. The number of aliphatic hydroxyl groups excluding tert-OH is 1. The number of urea groups is 1. The summed E-state index contributed by atoms with van der Waals surface area (Å²) >= 11 is 0. The lowest BCUT2D eigenvalue weighted by Gasteiger charge is -2.38. The van der Waals surface area contributed by atoms with E-state index in [1.807, 2.05) is 42.5 Å². The molecular weight excluding hydrogens is 434 g/mol. The fourth-order valence-corrected chi connectivity index (χ4v) is 3.91. The van der Waals surface area contributed by atoms with Crippen molar-refractivity contribution in [2.24, 2.45) is 0 Å². The molecule has 1 aliphatic heterocycles. The Morgan fingerprint density at radius 2 is 1.68 bits per heavy atom. The van der Waals surface area contributed by atoms with Crippen molar-refractivity contribution >= 4 is 23.3 Å². The number of rotatable bonds is 7. The maximum absolute atomic E-state index is 12.7. The molecule has 176 valence electrons. The number of aliphatic hydroxyl groups is 1. The van der Waals surface area contributed by atoms with Gasteiger partial charge in [0.1, 0.15) is 18.5 Å². The minimum Gasteiger partial charge on any atom is -0.496 e. The van der Waals surface area contributed by atoms with E-state index in [2.05, 4.69) is 10.6 Å². The molecule has 2 atom stereocenters. The first-order chi connectivity index (χ1) is 16.5. The van der Waals surface area contributed by atoms with Crippen LogP contribution in [0.1, 0.15) is 17.2 Å². The van der Waals surface area contributed by atoms with Crippen LogP contribution in [0.25, 0.3) is 0 Å². The number of hydrogen-bond donors (Lipinski definition) is 3. The van der Waals surface area contributed by atoms with Crippen molar-refractivity contribution in [1.82, 2.24) is 4.90 Å². The lowest BCUT2D eigenvalue weighted by molar-refractivity contribution is -0.155. The molecule has 1 aliphatic rings. The minimum atomic E-state index is -0.967. The Morgan fingerprint density at radius 3 is 2.38 bits per heavy atom. The molecule has 4 rings (SSSR count). The van der Waals surface area contributed by atoms with Gasteiger partial charge in [-0.25, -0.2) is 4.79 Å². The molecule has 0 saturated carbocycles. The molecule has 1 saturated heterocycles. The standard InChI is InChI=1S/C26H27N3O5/c1-33-23-10-6-5-7-19(23)15-29-22(16-34-17-24(29)30)25(31)18-11-13-21(14-12-18)28-26(32)27-20-8-3-2-4-9-20/h2-14,22,25,31H,15-17H2,1H3,(H2,27,28,32). The highest BCUT2D eigenvalue weighted by atomic mass is 16.5. The van der Waals surface area contributed by atoms with E-state index in [0.29, 0.717) is 29.2 Å². The number of carbonyl (C=O) groups is 2. The van der Waals surface area contributed by atoms with Crippen LogP contribution in [0, 0.1) is 0 Å². The molecule has 0 radical (unpaired) electrons. The van der Waals surface area contributed by atoms with Crippen LogP contribution in [0.15, 0.2) is 78.9 Å². The number of nitrogens with zero attached hydrogens (tertiary/aromatic N) is 1. The predicted octanol–water partition coefficient (Wildman–Crippen LogP) is 3.80. The Balaban J connectivity index is 1.44. The number of morpholine rings is 1. The first-order valence-electron chi connectivity index (χ1n) is 11.0. The minimum absolute atomic E-state index is 0.0300. The van der Waals surface area contributed by atoms with Crippen LogP contribution in [0.3, 0.4) is 0 Å². The van der Waals surface area contributed by atoms with Crippen LogP contribution in [0.2, 0.25) is 0 Å². The Labute approximate surface area is 198 Å². The van der Waals surface area contributed by atoms with Gasteiger partial charge in [-0.05, 0) is 35.9 Å². The molecule has 1 heterocycles. The second-order valence-electron chi connectivity index (χ2n) is 7.93. The molecule has 34 heavy (non-hydrogen) atoms. The molecule has 8 nitrogen and oxygen atoms in total. The molecule has 3 aromatic carbocycles. The summed E-state index contributed by atoms with van der Waals surface area (Å²) in [5.41, 5.74) is 2.72. The lowest BCUT2D eigenvalue weighted by atomic mass is 9.99. The van der Waals surface area contributed by atoms with Crippen LogP contribution < -0.4 is 15.4 Å². The van der Waals surface area contributed by atoms with Crippen molar-refractivity contribution in [2.75, 3.05) is 31.0 Å². The van der Waals surface area contributed by atoms with Crippen LogP contribution >= 0.6 is 0 Å². The molecular formula is C26H27N3O5. The summed E-state index contributed by atoms with van der Waals surface area (Å²) in [6, 6.07) is 22.6. The van der Waals surface area contributed by atoms with Crippen molar-refractivity contribution in [1.29, 1.82) is 0 Å². The van der Waals surface area contributed by atoms with Gasteiger partial charge in [0, 0.05) is 23.5 Å². The van der Waals surface area contributed by atoms with Crippen LogP contribution in [-0.4, -0.2) is 48.3 Å². The summed E-state index contributed by atoms with van der Waals surface area (Å²) in [6.07, 6.45) is -0.967. The summed E-state index contributed by atoms with van der Waals surface area (Å²) in [5.74, 6) is 0.483. The molecule has 2 unspecified atom stereocenters. The first-order valence-corrected chi connectivity index (χ1v) is 11.0. The molecule has 3 amide bonds. The van der Waals surface area contributed by atoms with Crippen molar-refractivity contribution < 1.29 is 24.2 Å². The number of ether oxygens (including phenoxy) is 2. The van der Waals surface area contributed by atoms with E-state index in [0.717, 1.165) is 5.56 Å². The topological polar surface area (TPSA) is 100 Å². The third kappa shape index (κ3) is 5.54. The molecule has 0 bridgehead atoms. The normalized spacial score (nSPS) is 16.6. The Hall–Kier alpha value is -3.88. The van der Waals surface area contributed by atoms with Crippen LogP contribution in [-0.2, 0) is 16.1 Å².